The van der Waals surface area contributed by atoms with Crippen molar-refractivity contribution in [3.63, 3.8) is 0 Å². The first-order valence-corrected chi connectivity index (χ1v) is 14.6. The normalized spacial score (nSPS) is 20.5. The summed E-state index contributed by atoms with van der Waals surface area (Å²) in [7, 11) is 0. The fourth-order valence-corrected chi connectivity index (χ4v) is 5.02. The number of carbonyl (C=O) groups excluding carboxylic acids is 2. The highest BCUT2D eigenvalue weighted by atomic mass is 35.5. The average molecular weight is 605 g/mol. The van der Waals surface area contributed by atoms with Crippen LogP contribution < -0.4 is 5.32 Å². The summed E-state index contributed by atoms with van der Waals surface area (Å²) in [5.41, 5.74) is 1.69. The number of amides is 1. The summed E-state index contributed by atoms with van der Waals surface area (Å²) in [6, 6.07) is 17.5. The zero-order valence-corrected chi connectivity index (χ0v) is 24.6. The van der Waals surface area contributed by atoms with Crippen LogP contribution in [0, 0.1) is 0 Å². The minimum Gasteiger partial charge on any atom is -0.459 e. The number of esters is 1. The number of unbranched alkanes of at least 4 members (excludes halogenated alkanes) is 1. The Kier molecular flexibility index (Phi) is 12.9. The standard InChI is InChI=1S/C29H36N4O6S.ClH/c1-40-28-30-23-16-24(34)25(35)17-33(26(23)32-28)15-9-8-14-22(27(36)38-18-20-10-4-2-5-11-20)31-29(37)39-19-21-12-6-3-7-13-21;/h2-7,10-13,22-25,34-35H,8-9,14-19H2,1H3,(H,31,37);1H/t22-,23?,24-,25+;/m0./s1. The van der Waals surface area contributed by atoms with Crippen molar-refractivity contribution in [2.45, 2.75) is 63.2 Å². The molecule has 0 radical (unpaired) electrons. The summed E-state index contributed by atoms with van der Waals surface area (Å²) in [4.78, 5) is 36.6. The number of nitrogens with zero attached hydrogens (tertiary/aromatic N) is 3. The van der Waals surface area contributed by atoms with Crippen molar-refractivity contribution in [1.29, 1.82) is 0 Å². The van der Waals surface area contributed by atoms with Gasteiger partial charge in [-0.25, -0.2) is 19.6 Å². The zero-order valence-electron chi connectivity index (χ0n) is 22.9. The van der Waals surface area contributed by atoms with Crippen molar-refractivity contribution in [3.05, 3.63) is 71.8 Å². The first-order valence-electron chi connectivity index (χ1n) is 13.4. The number of carbonyl (C=O) groups is 2. The number of hydrogen-bond donors (Lipinski definition) is 3. The Morgan fingerprint density at radius 3 is 2.27 bits per heavy atom. The van der Waals surface area contributed by atoms with E-state index in [0.29, 0.717) is 37.4 Å². The van der Waals surface area contributed by atoms with Crippen LogP contribution in [0.2, 0.25) is 0 Å². The second-order valence-electron chi connectivity index (χ2n) is 9.77. The van der Waals surface area contributed by atoms with Crippen LogP contribution in [-0.2, 0) is 27.5 Å². The molecule has 0 aliphatic carbocycles. The number of likely N-dealkylation sites (tertiary alicyclic amines) is 1. The third-order valence-corrected chi connectivity index (χ3v) is 7.34. The van der Waals surface area contributed by atoms with E-state index in [-0.39, 0.29) is 38.2 Å². The van der Waals surface area contributed by atoms with Crippen LogP contribution in [0.25, 0.3) is 0 Å². The molecule has 0 aromatic heterocycles. The largest absolute Gasteiger partial charge is 0.459 e. The van der Waals surface area contributed by atoms with Gasteiger partial charge in [0.15, 0.2) is 5.17 Å². The van der Waals surface area contributed by atoms with Gasteiger partial charge in [0, 0.05) is 19.5 Å². The topological polar surface area (TPSA) is 133 Å². The molecule has 2 aromatic carbocycles. The van der Waals surface area contributed by atoms with E-state index in [0.717, 1.165) is 17.0 Å². The number of aliphatic imine (C=N–C) groups is 2. The number of β-amino-alcohol motifs (C(OH)–C–C–N with tert-alkyl or cyclic N) is 1. The molecular formula is C29H37ClN4O6S. The van der Waals surface area contributed by atoms with E-state index in [2.05, 4.69) is 15.3 Å². The van der Waals surface area contributed by atoms with Gasteiger partial charge in [0.05, 0.1) is 12.2 Å². The monoisotopic (exact) mass is 604 g/mol. The van der Waals surface area contributed by atoms with Gasteiger partial charge in [0.2, 0.25) is 0 Å². The van der Waals surface area contributed by atoms with E-state index < -0.39 is 30.3 Å². The molecule has 0 bridgehead atoms. The summed E-state index contributed by atoms with van der Waals surface area (Å²) >= 11 is 1.44. The fourth-order valence-electron chi connectivity index (χ4n) is 4.60. The number of aliphatic hydroxyl groups is 2. The maximum absolute atomic E-state index is 13.0. The lowest BCUT2D eigenvalue weighted by Crippen LogP contribution is -2.42. The number of fused-ring (bicyclic) bond motifs is 1. The van der Waals surface area contributed by atoms with Crippen molar-refractivity contribution >= 4 is 47.2 Å². The Hall–Kier alpha value is -3.12. The highest BCUT2D eigenvalue weighted by Crippen LogP contribution is 2.24. The molecular weight excluding hydrogens is 568 g/mol. The molecule has 4 atom stereocenters. The Bertz CT molecular complexity index is 1190. The Balaban J connectivity index is 0.00000462. The third-order valence-electron chi connectivity index (χ3n) is 6.78. The molecule has 41 heavy (non-hydrogen) atoms. The number of aliphatic hydroxyl groups excluding tert-OH is 2. The van der Waals surface area contributed by atoms with Gasteiger partial charge in [0.1, 0.15) is 31.1 Å². The van der Waals surface area contributed by atoms with Crippen LogP contribution in [-0.4, -0.2) is 81.8 Å². The van der Waals surface area contributed by atoms with Gasteiger partial charge in [-0.05, 0) is 36.6 Å². The summed E-state index contributed by atoms with van der Waals surface area (Å²) in [6.07, 6.45) is 1.35. The first kappa shape index (κ1) is 32.4. The van der Waals surface area contributed by atoms with Crippen LogP contribution in [0.5, 0.6) is 0 Å². The molecule has 222 valence electrons. The minimum absolute atomic E-state index is 0. The van der Waals surface area contributed by atoms with Crippen LogP contribution in [0.3, 0.4) is 0 Å². The molecule has 10 nitrogen and oxygen atoms in total. The maximum atomic E-state index is 13.0. The second-order valence-corrected chi connectivity index (χ2v) is 10.5. The van der Waals surface area contributed by atoms with E-state index in [1.165, 1.54) is 11.8 Å². The highest BCUT2D eigenvalue weighted by Gasteiger charge is 2.36. The average Bonchev–Trinajstić information content (AvgIpc) is 3.34. The number of rotatable bonds is 11. The number of amidine groups is 2. The number of nitrogens with one attached hydrogen (secondary N) is 1. The zero-order chi connectivity index (χ0) is 28.3. The molecule has 1 unspecified atom stereocenters. The minimum atomic E-state index is -0.900. The fraction of sp³-hybridized carbons (Fsp3) is 0.448. The van der Waals surface area contributed by atoms with E-state index in [4.69, 9.17) is 9.47 Å². The number of hydrogen-bond acceptors (Lipinski definition) is 10. The van der Waals surface area contributed by atoms with Crippen molar-refractivity contribution < 1.29 is 29.3 Å². The van der Waals surface area contributed by atoms with Crippen molar-refractivity contribution in [1.82, 2.24) is 10.2 Å². The highest BCUT2D eigenvalue weighted by molar-refractivity contribution is 8.13. The van der Waals surface area contributed by atoms with Gasteiger partial charge in [-0.15, -0.1) is 12.4 Å². The van der Waals surface area contributed by atoms with Gasteiger partial charge in [-0.3, -0.25) is 0 Å². The SMILES string of the molecule is CSC1=NC2C[C@H](O)[C@H](O)CN(CCCC[C@H](NC(=O)OCc3ccccc3)C(=O)OCc3ccccc3)C2=N1.Cl. The molecule has 4 rings (SSSR count). The van der Waals surface area contributed by atoms with Gasteiger partial charge in [0.25, 0.3) is 0 Å². The van der Waals surface area contributed by atoms with Gasteiger partial charge in [-0.2, -0.15) is 0 Å². The summed E-state index contributed by atoms with van der Waals surface area (Å²) < 4.78 is 10.8. The molecule has 3 N–H and O–H groups in total. The second kappa shape index (κ2) is 16.4. The van der Waals surface area contributed by atoms with E-state index >= 15 is 0 Å². The number of thioether (sulfide) groups is 1. The van der Waals surface area contributed by atoms with Crippen LogP contribution >= 0.6 is 24.2 Å². The summed E-state index contributed by atoms with van der Waals surface area (Å²) in [5, 5.41) is 24.0. The quantitative estimate of drug-likeness (QED) is 0.262. The smallest absolute Gasteiger partial charge is 0.408 e. The molecule has 1 amide bonds. The van der Waals surface area contributed by atoms with E-state index in [1.54, 1.807) is 0 Å². The molecule has 2 heterocycles. The summed E-state index contributed by atoms with van der Waals surface area (Å²) in [5.74, 6) is 0.216. The molecule has 0 saturated carbocycles. The van der Waals surface area contributed by atoms with Gasteiger partial charge in [-0.1, -0.05) is 72.4 Å². The first-order chi connectivity index (χ1) is 19.4. The Morgan fingerprint density at radius 2 is 1.63 bits per heavy atom. The number of alkyl carbamates (subject to hydrolysis) is 1. The molecule has 2 aromatic rings. The number of ether oxygens (including phenoxy) is 2. The lowest BCUT2D eigenvalue weighted by molar-refractivity contribution is -0.147. The van der Waals surface area contributed by atoms with Gasteiger partial charge >= 0.3 is 12.1 Å². The lowest BCUT2D eigenvalue weighted by Gasteiger charge is -2.26. The molecule has 0 spiro atoms. The number of benzene rings is 2. The molecule has 2 aliphatic rings. The Morgan fingerprint density at radius 1 is 1.00 bits per heavy atom. The molecule has 1 fully saturated rings. The van der Waals surface area contributed by atoms with Crippen molar-refractivity contribution in [2.75, 3.05) is 19.3 Å². The Labute approximate surface area is 250 Å². The van der Waals surface area contributed by atoms with E-state index in [9.17, 15) is 19.8 Å². The van der Waals surface area contributed by atoms with Gasteiger partial charge < -0.3 is 29.9 Å². The predicted octanol–water partition coefficient (Wildman–Crippen LogP) is 3.54. The predicted molar refractivity (Wildman–Crippen MR) is 161 cm³/mol. The van der Waals surface area contributed by atoms with Crippen LogP contribution in [0.15, 0.2) is 70.6 Å². The number of halogens is 1. The third kappa shape index (κ3) is 9.74. The lowest BCUT2D eigenvalue weighted by atomic mass is 10.1. The summed E-state index contributed by atoms with van der Waals surface area (Å²) in [6.45, 7) is 0.996. The molecule has 2 aliphatic heterocycles. The molecule has 1 saturated heterocycles. The van der Waals surface area contributed by atoms with Crippen molar-refractivity contribution in [2.24, 2.45) is 9.98 Å². The van der Waals surface area contributed by atoms with Crippen LogP contribution in [0.4, 0.5) is 4.79 Å². The van der Waals surface area contributed by atoms with Crippen LogP contribution in [0.1, 0.15) is 36.8 Å². The van der Waals surface area contributed by atoms with Crippen molar-refractivity contribution in [3.8, 4) is 0 Å². The molecule has 12 heteroatoms. The van der Waals surface area contributed by atoms with E-state index in [1.807, 2.05) is 71.8 Å². The maximum Gasteiger partial charge on any atom is 0.408 e.